The highest BCUT2D eigenvalue weighted by Crippen LogP contribution is 2.09. The number of hydrogen-bond acceptors (Lipinski definition) is 3. The van der Waals surface area contributed by atoms with E-state index in [1.807, 2.05) is 6.92 Å². The smallest absolute Gasteiger partial charge is 0.241 e. The maximum Gasteiger partial charge on any atom is 0.241 e. The Kier molecular flexibility index (Phi) is 6.84. The molecule has 1 rings (SSSR count). The van der Waals surface area contributed by atoms with E-state index in [0.29, 0.717) is 13.1 Å². The Labute approximate surface area is 127 Å². The number of rotatable bonds is 8. The zero-order valence-corrected chi connectivity index (χ0v) is 13.7. The molecule has 0 heterocycles. The second kappa shape index (κ2) is 8.14. The van der Waals surface area contributed by atoms with Gasteiger partial charge in [-0.3, -0.25) is 4.79 Å². The van der Waals surface area contributed by atoms with E-state index < -0.39 is 16.1 Å². The molecule has 1 amide bonds. The number of carbonyl (C=O) groups is 1. The van der Waals surface area contributed by atoms with Gasteiger partial charge in [-0.05, 0) is 32.4 Å². The summed E-state index contributed by atoms with van der Waals surface area (Å²) in [4.78, 5) is 14.1. The highest BCUT2D eigenvalue weighted by molar-refractivity contribution is 7.89. The van der Waals surface area contributed by atoms with Crippen LogP contribution in [0, 0.1) is 0 Å². The van der Waals surface area contributed by atoms with Gasteiger partial charge in [0.05, 0.1) is 10.9 Å². The van der Waals surface area contributed by atoms with Gasteiger partial charge in [0.15, 0.2) is 0 Å². The zero-order chi connectivity index (χ0) is 15.9. The van der Waals surface area contributed by atoms with Crippen molar-refractivity contribution in [3.8, 4) is 0 Å². The Hall–Kier alpha value is -1.40. The van der Waals surface area contributed by atoms with Gasteiger partial charge in [0, 0.05) is 13.1 Å². The van der Waals surface area contributed by atoms with E-state index in [-0.39, 0.29) is 10.8 Å². The Bertz CT molecular complexity index is 543. The summed E-state index contributed by atoms with van der Waals surface area (Å²) in [5, 5.41) is 0. The number of carbonyl (C=O) groups excluding carboxylic acids is 1. The van der Waals surface area contributed by atoms with E-state index in [1.165, 1.54) is 12.1 Å². The van der Waals surface area contributed by atoms with Crippen molar-refractivity contribution in [2.75, 3.05) is 13.1 Å². The van der Waals surface area contributed by atoms with Crippen molar-refractivity contribution in [2.24, 2.45) is 0 Å². The van der Waals surface area contributed by atoms with Gasteiger partial charge in [-0.25, -0.2) is 8.42 Å². The quantitative estimate of drug-likeness (QED) is 0.798. The van der Waals surface area contributed by atoms with Crippen LogP contribution in [-0.4, -0.2) is 38.4 Å². The summed E-state index contributed by atoms with van der Waals surface area (Å²) in [6.07, 6.45) is 1.91. The average Bonchev–Trinajstić information content (AvgIpc) is 2.48. The summed E-state index contributed by atoms with van der Waals surface area (Å²) in [6, 6.07) is 7.30. The van der Waals surface area contributed by atoms with Gasteiger partial charge < -0.3 is 4.90 Å². The molecule has 5 nitrogen and oxygen atoms in total. The summed E-state index contributed by atoms with van der Waals surface area (Å²) >= 11 is 0. The minimum Gasteiger partial charge on any atom is -0.342 e. The Morgan fingerprint density at radius 3 is 2.38 bits per heavy atom. The lowest BCUT2D eigenvalue weighted by atomic mass is 10.2. The van der Waals surface area contributed by atoms with Crippen molar-refractivity contribution >= 4 is 15.9 Å². The summed E-state index contributed by atoms with van der Waals surface area (Å²) in [5.41, 5.74) is 0. The molecule has 0 bridgehead atoms. The highest BCUT2D eigenvalue weighted by atomic mass is 32.2. The molecule has 0 aromatic heterocycles. The zero-order valence-electron chi connectivity index (χ0n) is 12.9. The van der Waals surface area contributed by atoms with E-state index in [4.69, 9.17) is 0 Å². The third-order valence-corrected chi connectivity index (χ3v) is 4.79. The SMILES string of the molecule is CCCCN(CC)C(=O)C(C)NS(=O)(=O)c1ccccc1. The molecule has 0 radical (unpaired) electrons. The minimum absolute atomic E-state index is 0.168. The van der Waals surface area contributed by atoms with Crippen LogP contribution in [0.25, 0.3) is 0 Å². The standard InChI is InChI=1S/C15H24N2O3S/c1-4-6-12-17(5-2)15(18)13(3)16-21(19,20)14-10-8-7-9-11-14/h7-11,13,16H,4-6,12H2,1-3H3. The van der Waals surface area contributed by atoms with Gasteiger partial charge in [-0.1, -0.05) is 31.5 Å². The molecule has 6 heteroatoms. The molecular weight excluding hydrogens is 288 g/mol. The summed E-state index contributed by atoms with van der Waals surface area (Å²) in [6.45, 7) is 6.77. The van der Waals surface area contributed by atoms with Crippen LogP contribution in [0.2, 0.25) is 0 Å². The van der Waals surface area contributed by atoms with Crippen LogP contribution < -0.4 is 4.72 Å². The fourth-order valence-corrected chi connectivity index (χ4v) is 3.22. The van der Waals surface area contributed by atoms with Crippen molar-refractivity contribution in [3.05, 3.63) is 30.3 Å². The first-order valence-electron chi connectivity index (χ1n) is 7.28. The number of nitrogens with one attached hydrogen (secondary N) is 1. The van der Waals surface area contributed by atoms with Crippen molar-refractivity contribution in [3.63, 3.8) is 0 Å². The number of amides is 1. The van der Waals surface area contributed by atoms with Gasteiger partial charge in [0.25, 0.3) is 0 Å². The molecule has 1 aromatic rings. The average molecular weight is 312 g/mol. The lowest BCUT2D eigenvalue weighted by molar-refractivity contribution is -0.132. The first-order chi connectivity index (χ1) is 9.92. The number of hydrogen-bond donors (Lipinski definition) is 1. The van der Waals surface area contributed by atoms with Crippen molar-refractivity contribution in [1.29, 1.82) is 0 Å². The maximum atomic E-state index is 12.3. The molecule has 0 aliphatic heterocycles. The van der Waals surface area contributed by atoms with E-state index in [9.17, 15) is 13.2 Å². The number of sulfonamides is 1. The lowest BCUT2D eigenvalue weighted by Gasteiger charge is -2.24. The molecule has 0 saturated heterocycles. The van der Waals surface area contributed by atoms with Gasteiger partial charge in [0.1, 0.15) is 0 Å². The molecule has 0 fully saturated rings. The molecule has 21 heavy (non-hydrogen) atoms. The number of benzene rings is 1. The molecular formula is C15H24N2O3S. The van der Waals surface area contributed by atoms with Gasteiger partial charge in [-0.15, -0.1) is 0 Å². The van der Waals surface area contributed by atoms with Gasteiger partial charge >= 0.3 is 0 Å². The molecule has 1 atom stereocenters. The van der Waals surface area contributed by atoms with Crippen molar-refractivity contribution in [1.82, 2.24) is 9.62 Å². The summed E-state index contributed by atoms with van der Waals surface area (Å²) in [7, 11) is -3.66. The summed E-state index contributed by atoms with van der Waals surface area (Å²) in [5.74, 6) is -0.189. The van der Waals surface area contributed by atoms with Crippen molar-refractivity contribution < 1.29 is 13.2 Å². The molecule has 1 aromatic carbocycles. The first-order valence-corrected chi connectivity index (χ1v) is 8.76. The molecule has 0 aliphatic rings. The molecule has 0 spiro atoms. The normalized spacial score (nSPS) is 12.9. The highest BCUT2D eigenvalue weighted by Gasteiger charge is 2.24. The fourth-order valence-electron chi connectivity index (χ4n) is 2.00. The second-order valence-electron chi connectivity index (χ2n) is 4.93. The molecule has 1 N–H and O–H groups in total. The predicted molar refractivity (Wildman–Crippen MR) is 83.4 cm³/mol. The Morgan fingerprint density at radius 1 is 1.24 bits per heavy atom. The van der Waals surface area contributed by atoms with Crippen LogP contribution in [0.1, 0.15) is 33.6 Å². The van der Waals surface area contributed by atoms with Crippen LogP contribution in [0.3, 0.4) is 0 Å². The fraction of sp³-hybridized carbons (Fsp3) is 0.533. The minimum atomic E-state index is -3.66. The Morgan fingerprint density at radius 2 is 1.86 bits per heavy atom. The summed E-state index contributed by atoms with van der Waals surface area (Å²) < 4.78 is 26.8. The lowest BCUT2D eigenvalue weighted by Crippen LogP contribution is -2.47. The van der Waals surface area contributed by atoms with E-state index in [1.54, 1.807) is 30.0 Å². The maximum absolute atomic E-state index is 12.3. The first kappa shape index (κ1) is 17.7. The monoisotopic (exact) mass is 312 g/mol. The number of likely N-dealkylation sites (N-methyl/N-ethyl adjacent to an activating group) is 1. The third kappa shape index (κ3) is 5.13. The topological polar surface area (TPSA) is 66.5 Å². The predicted octanol–water partition coefficient (Wildman–Crippen LogP) is 2.00. The van der Waals surface area contributed by atoms with Crippen LogP contribution in [0.4, 0.5) is 0 Å². The molecule has 118 valence electrons. The van der Waals surface area contributed by atoms with Crippen LogP contribution in [-0.2, 0) is 14.8 Å². The molecule has 0 saturated carbocycles. The van der Waals surface area contributed by atoms with Crippen molar-refractivity contribution in [2.45, 2.75) is 44.6 Å². The van der Waals surface area contributed by atoms with Crippen LogP contribution >= 0.6 is 0 Å². The largest absolute Gasteiger partial charge is 0.342 e. The number of nitrogens with zero attached hydrogens (tertiary/aromatic N) is 1. The molecule has 1 unspecified atom stereocenters. The Balaban J connectivity index is 2.75. The van der Waals surface area contributed by atoms with E-state index >= 15 is 0 Å². The van der Waals surface area contributed by atoms with Crippen LogP contribution in [0.5, 0.6) is 0 Å². The van der Waals surface area contributed by atoms with E-state index in [0.717, 1.165) is 12.8 Å². The number of unbranched alkanes of at least 4 members (excludes halogenated alkanes) is 1. The molecule has 0 aliphatic carbocycles. The van der Waals surface area contributed by atoms with Gasteiger partial charge in [0.2, 0.25) is 15.9 Å². The second-order valence-corrected chi connectivity index (χ2v) is 6.64. The van der Waals surface area contributed by atoms with Crippen LogP contribution in [0.15, 0.2) is 35.2 Å². The third-order valence-electron chi connectivity index (χ3n) is 3.23. The van der Waals surface area contributed by atoms with E-state index in [2.05, 4.69) is 11.6 Å². The van der Waals surface area contributed by atoms with Gasteiger partial charge in [-0.2, -0.15) is 4.72 Å².